The number of anilines is 1. The molecule has 0 aliphatic heterocycles. The van der Waals surface area contributed by atoms with Gasteiger partial charge >= 0.3 is 0 Å². The zero-order valence-electron chi connectivity index (χ0n) is 22.3. The van der Waals surface area contributed by atoms with E-state index in [1.165, 1.54) is 15.9 Å². The standard InChI is InChI=1S/C29H28Br2N4O4S/c1-4-38-23-12-18(13-33-35-15-32-28-26(29(35)37)19-7-5-6-8-24(19)40-28)11-21(31)27(23)39-14-25(36)34-22-10-17(3)16(2)9-20(22)30/h9-13,15H,4-8,14H2,1-3H3,(H,34,36)/b33-13-. The highest BCUT2D eigenvalue weighted by Crippen LogP contribution is 2.37. The van der Waals surface area contributed by atoms with Gasteiger partial charge in [0, 0.05) is 9.35 Å². The lowest BCUT2D eigenvalue weighted by molar-refractivity contribution is -0.118. The second-order valence-electron chi connectivity index (χ2n) is 9.55. The van der Waals surface area contributed by atoms with Crippen LogP contribution in [0.25, 0.3) is 10.2 Å². The molecule has 1 aliphatic rings. The summed E-state index contributed by atoms with van der Waals surface area (Å²) < 4.78 is 14.3. The molecule has 2 aromatic carbocycles. The number of thiophene rings is 1. The summed E-state index contributed by atoms with van der Waals surface area (Å²) >= 11 is 8.65. The van der Waals surface area contributed by atoms with Gasteiger partial charge in [0.05, 0.1) is 28.4 Å². The van der Waals surface area contributed by atoms with Crippen LogP contribution < -0.4 is 20.3 Å². The number of halogens is 2. The van der Waals surface area contributed by atoms with Gasteiger partial charge in [0.25, 0.3) is 11.5 Å². The molecule has 0 radical (unpaired) electrons. The molecule has 40 heavy (non-hydrogen) atoms. The Bertz CT molecular complexity index is 1700. The summed E-state index contributed by atoms with van der Waals surface area (Å²) in [5.74, 6) is 0.548. The zero-order valence-corrected chi connectivity index (χ0v) is 26.3. The molecular weight excluding hydrogens is 660 g/mol. The Kier molecular flexibility index (Phi) is 8.72. The molecule has 1 N–H and O–H groups in total. The van der Waals surface area contributed by atoms with Crippen molar-refractivity contribution < 1.29 is 14.3 Å². The van der Waals surface area contributed by atoms with E-state index in [4.69, 9.17) is 9.47 Å². The smallest absolute Gasteiger partial charge is 0.282 e. The topological polar surface area (TPSA) is 94.8 Å². The van der Waals surface area contributed by atoms with Gasteiger partial charge in [0.15, 0.2) is 18.1 Å². The number of aryl methyl sites for hydroxylation is 4. The van der Waals surface area contributed by atoms with E-state index in [0.717, 1.165) is 51.7 Å². The van der Waals surface area contributed by atoms with Crippen molar-refractivity contribution in [2.75, 3.05) is 18.5 Å². The van der Waals surface area contributed by atoms with Crippen molar-refractivity contribution in [1.82, 2.24) is 9.66 Å². The number of nitrogens with zero attached hydrogens (tertiary/aromatic N) is 3. The summed E-state index contributed by atoms with van der Waals surface area (Å²) in [6.07, 6.45) is 7.20. The first-order valence-electron chi connectivity index (χ1n) is 13.0. The fourth-order valence-corrected chi connectivity index (χ4v) is 6.97. The molecule has 1 aliphatic carbocycles. The Labute approximate surface area is 252 Å². The number of nitrogens with one attached hydrogen (secondary N) is 1. The van der Waals surface area contributed by atoms with Crippen LogP contribution in [0.4, 0.5) is 5.69 Å². The molecule has 8 nitrogen and oxygen atoms in total. The first-order valence-corrected chi connectivity index (χ1v) is 15.4. The van der Waals surface area contributed by atoms with E-state index in [1.807, 2.05) is 32.9 Å². The largest absolute Gasteiger partial charge is 0.490 e. The molecule has 5 rings (SSSR count). The highest BCUT2D eigenvalue weighted by Gasteiger charge is 2.20. The molecule has 0 bridgehead atoms. The fourth-order valence-electron chi connectivity index (χ4n) is 4.61. The Balaban J connectivity index is 1.35. The summed E-state index contributed by atoms with van der Waals surface area (Å²) in [6.45, 7) is 6.06. The molecule has 0 spiro atoms. The predicted octanol–water partition coefficient (Wildman–Crippen LogP) is 6.78. The Morgan fingerprint density at radius 2 is 1.90 bits per heavy atom. The molecular formula is C29H28Br2N4O4S. The minimum Gasteiger partial charge on any atom is -0.490 e. The number of carbonyl (C=O) groups excluding carboxylic acids is 1. The lowest BCUT2D eigenvalue weighted by atomic mass is 9.97. The average molecular weight is 688 g/mol. The number of benzene rings is 2. The summed E-state index contributed by atoms with van der Waals surface area (Å²) in [6, 6.07) is 7.43. The van der Waals surface area contributed by atoms with Crippen molar-refractivity contribution in [3.8, 4) is 11.5 Å². The lowest BCUT2D eigenvalue weighted by Crippen LogP contribution is -2.21. The van der Waals surface area contributed by atoms with Crippen molar-refractivity contribution >= 4 is 71.2 Å². The highest BCUT2D eigenvalue weighted by molar-refractivity contribution is 9.11. The Morgan fingerprint density at radius 1 is 1.12 bits per heavy atom. The van der Waals surface area contributed by atoms with Crippen LogP contribution in [-0.4, -0.2) is 35.0 Å². The van der Waals surface area contributed by atoms with E-state index >= 15 is 0 Å². The SMILES string of the molecule is CCOc1cc(/C=N\n2cnc3sc4c(c3c2=O)CCCC4)cc(Br)c1OCC(=O)Nc1cc(C)c(C)cc1Br. The van der Waals surface area contributed by atoms with Gasteiger partial charge in [-0.2, -0.15) is 9.78 Å². The maximum absolute atomic E-state index is 13.2. The first kappa shape index (κ1) is 28.5. The van der Waals surface area contributed by atoms with Gasteiger partial charge in [-0.25, -0.2) is 4.98 Å². The summed E-state index contributed by atoms with van der Waals surface area (Å²) in [4.78, 5) is 32.4. The van der Waals surface area contributed by atoms with Gasteiger partial charge in [0.2, 0.25) is 0 Å². The third-order valence-corrected chi connectivity index (χ3v) is 9.17. The second kappa shape index (κ2) is 12.2. The molecule has 0 saturated carbocycles. The van der Waals surface area contributed by atoms with Crippen molar-refractivity contribution in [3.05, 3.63) is 77.0 Å². The predicted molar refractivity (Wildman–Crippen MR) is 167 cm³/mol. The highest BCUT2D eigenvalue weighted by atomic mass is 79.9. The Hall–Kier alpha value is -3.02. The molecule has 2 heterocycles. The molecule has 0 fully saturated rings. The molecule has 4 aromatic rings. The summed E-state index contributed by atoms with van der Waals surface area (Å²) in [5, 5.41) is 7.97. The van der Waals surface area contributed by atoms with E-state index in [9.17, 15) is 9.59 Å². The van der Waals surface area contributed by atoms with E-state index in [2.05, 4.69) is 47.3 Å². The summed E-state index contributed by atoms with van der Waals surface area (Å²) in [7, 11) is 0. The van der Waals surface area contributed by atoms with Crippen LogP contribution in [-0.2, 0) is 17.6 Å². The fraction of sp³-hybridized carbons (Fsp3) is 0.310. The number of hydrogen-bond donors (Lipinski definition) is 1. The number of hydrogen-bond acceptors (Lipinski definition) is 7. The van der Waals surface area contributed by atoms with Gasteiger partial charge in [-0.15, -0.1) is 11.3 Å². The van der Waals surface area contributed by atoms with Crippen LogP contribution >= 0.6 is 43.2 Å². The van der Waals surface area contributed by atoms with E-state index < -0.39 is 0 Å². The lowest BCUT2D eigenvalue weighted by Gasteiger charge is -2.15. The van der Waals surface area contributed by atoms with Crippen LogP contribution in [0.15, 0.2) is 49.4 Å². The van der Waals surface area contributed by atoms with Crippen molar-refractivity contribution in [3.63, 3.8) is 0 Å². The summed E-state index contributed by atoms with van der Waals surface area (Å²) in [5.41, 5.74) is 4.53. The Morgan fingerprint density at radius 3 is 2.70 bits per heavy atom. The molecule has 1 amide bonds. The molecule has 0 saturated heterocycles. The maximum atomic E-state index is 13.2. The van der Waals surface area contributed by atoms with E-state index in [0.29, 0.717) is 39.2 Å². The van der Waals surface area contributed by atoms with Crippen LogP contribution in [0.5, 0.6) is 11.5 Å². The first-order chi connectivity index (χ1) is 19.2. The van der Waals surface area contributed by atoms with Crippen LogP contribution in [0.3, 0.4) is 0 Å². The van der Waals surface area contributed by atoms with Crippen LogP contribution in [0, 0.1) is 13.8 Å². The number of amides is 1. The van der Waals surface area contributed by atoms with Gasteiger partial charge < -0.3 is 14.8 Å². The maximum Gasteiger partial charge on any atom is 0.282 e. The third-order valence-electron chi connectivity index (χ3n) is 6.73. The van der Waals surface area contributed by atoms with Gasteiger partial charge in [-0.05, 0) is 125 Å². The van der Waals surface area contributed by atoms with Crippen molar-refractivity contribution in [2.45, 2.75) is 46.5 Å². The zero-order chi connectivity index (χ0) is 28.4. The number of rotatable bonds is 8. The minimum atomic E-state index is -0.304. The van der Waals surface area contributed by atoms with E-state index in [1.54, 1.807) is 29.7 Å². The number of fused-ring (bicyclic) bond motifs is 3. The van der Waals surface area contributed by atoms with Crippen LogP contribution in [0.2, 0.25) is 0 Å². The van der Waals surface area contributed by atoms with Crippen molar-refractivity contribution in [2.24, 2.45) is 5.10 Å². The number of ether oxygens (including phenoxy) is 2. The van der Waals surface area contributed by atoms with Gasteiger partial charge in [-0.3, -0.25) is 9.59 Å². The van der Waals surface area contributed by atoms with Gasteiger partial charge in [0.1, 0.15) is 11.2 Å². The number of carbonyl (C=O) groups is 1. The molecule has 0 atom stereocenters. The van der Waals surface area contributed by atoms with Gasteiger partial charge in [-0.1, -0.05) is 0 Å². The number of aromatic nitrogens is 2. The minimum absolute atomic E-state index is 0.161. The monoisotopic (exact) mass is 686 g/mol. The quantitative estimate of drug-likeness (QED) is 0.206. The van der Waals surface area contributed by atoms with Crippen LogP contribution in [0.1, 0.15) is 46.9 Å². The van der Waals surface area contributed by atoms with Crippen molar-refractivity contribution in [1.29, 1.82) is 0 Å². The van der Waals surface area contributed by atoms with E-state index in [-0.39, 0.29) is 18.1 Å². The molecule has 11 heteroatoms. The molecule has 2 aromatic heterocycles. The second-order valence-corrected chi connectivity index (χ2v) is 12.3. The molecule has 208 valence electrons. The molecule has 0 unspecified atom stereocenters. The normalized spacial score (nSPS) is 13.0. The average Bonchev–Trinajstić information content (AvgIpc) is 3.30. The third kappa shape index (κ3) is 6.01.